The molecule has 0 aliphatic heterocycles. The number of nitrogens with one attached hydrogen (secondary N) is 2. The predicted octanol–water partition coefficient (Wildman–Crippen LogP) is 5.11. The van der Waals surface area contributed by atoms with Crippen LogP contribution in [0.25, 0.3) is 10.9 Å². The highest BCUT2D eigenvalue weighted by atomic mass is 16.5. The predicted molar refractivity (Wildman–Crippen MR) is 121 cm³/mol. The first-order valence-electron chi connectivity index (χ1n) is 10.2. The fourth-order valence-corrected chi connectivity index (χ4v) is 3.77. The fourth-order valence-electron chi connectivity index (χ4n) is 3.77. The first kappa shape index (κ1) is 19.8. The Bertz CT molecular complexity index is 1150. The second-order valence-corrected chi connectivity index (χ2v) is 7.54. The zero-order valence-corrected chi connectivity index (χ0v) is 17.3. The highest BCUT2D eigenvalue weighted by Gasteiger charge is 2.19. The van der Waals surface area contributed by atoms with Crippen molar-refractivity contribution in [2.75, 3.05) is 13.2 Å². The number of fused-ring (bicyclic) bond motifs is 1. The van der Waals surface area contributed by atoms with Crippen LogP contribution in [0.5, 0.6) is 5.75 Å². The number of carbonyl (C=O) groups excluding carboxylic acids is 1. The monoisotopic (exact) mass is 398 g/mol. The third kappa shape index (κ3) is 4.23. The second-order valence-electron chi connectivity index (χ2n) is 7.54. The second kappa shape index (κ2) is 8.87. The molecule has 0 saturated heterocycles. The van der Waals surface area contributed by atoms with E-state index >= 15 is 0 Å². The van der Waals surface area contributed by atoms with Crippen molar-refractivity contribution in [1.29, 1.82) is 0 Å². The number of aryl methyl sites for hydroxylation is 1. The highest BCUT2D eigenvalue weighted by molar-refractivity contribution is 5.84. The molecule has 0 saturated carbocycles. The molecule has 0 fully saturated rings. The molecule has 3 aromatic carbocycles. The molecule has 4 rings (SSSR count). The van der Waals surface area contributed by atoms with E-state index in [1.54, 1.807) is 0 Å². The van der Waals surface area contributed by atoms with Crippen LogP contribution in [0.4, 0.5) is 0 Å². The fraction of sp³-hybridized carbons (Fsp3) is 0.192. The van der Waals surface area contributed by atoms with E-state index < -0.39 is 0 Å². The largest absolute Gasteiger partial charge is 0.483 e. The van der Waals surface area contributed by atoms with Crippen molar-refractivity contribution in [1.82, 2.24) is 10.3 Å². The molecule has 0 spiro atoms. The molecule has 0 aliphatic carbocycles. The lowest BCUT2D eigenvalue weighted by Gasteiger charge is -2.18. The molecule has 4 nitrogen and oxygen atoms in total. The summed E-state index contributed by atoms with van der Waals surface area (Å²) in [5.74, 6) is 0.671. The molecule has 30 heavy (non-hydrogen) atoms. The van der Waals surface area contributed by atoms with Gasteiger partial charge in [0.15, 0.2) is 6.61 Å². The van der Waals surface area contributed by atoms with E-state index in [2.05, 4.69) is 34.6 Å². The molecular formula is C26H26N2O2. The molecule has 2 N–H and O–H groups in total. The van der Waals surface area contributed by atoms with Gasteiger partial charge in [-0.05, 0) is 48.2 Å². The van der Waals surface area contributed by atoms with Crippen LogP contribution in [-0.2, 0) is 4.79 Å². The summed E-state index contributed by atoms with van der Waals surface area (Å²) in [6.45, 7) is 4.54. The van der Waals surface area contributed by atoms with Crippen LogP contribution in [-0.4, -0.2) is 24.0 Å². The summed E-state index contributed by atoms with van der Waals surface area (Å²) in [7, 11) is 0. The van der Waals surface area contributed by atoms with Gasteiger partial charge in [0, 0.05) is 29.6 Å². The average molecular weight is 399 g/mol. The minimum atomic E-state index is -0.128. The minimum absolute atomic E-state index is 0.000310. The molecule has 1 heterocycles. The first-order valence-corrected chi connectivity index (χ1v) is 10.2. The Kier molecular flexibility index (Phi) is 5.84. The summed E-state index contributed by atoms with van der Waals surface area (Å²) < 4.78 is 5.76. The number of benzene rings is 3. The van der Waals surface area contributed by atoms with Crippen LogP contribution in [0.2, 0.25) is 0 Å². The zero-order valence-electron chi connectivity index (χ0n) is 17.3. The van der Waals surface area contributed by atoms with Crippen LogP contribution < -0.4 is 10.1 Å². The molecular weight excluding hydrogens is 372 g/mol. The molecule has 0 aliphatic rings. The van der Waals surface area contributed by atoms with Gasteiger partial charge in [0.2, 0.25) is 0 Å². The van der Waals surface area contributed by atoms with Crippen molar-refractivity contribution < 1.29 is 9.53 Å². The van der Waals surface area contributed by atoms with Gasteiger partial charge in [0.25, 0.3) is 5.91 Å². The van der Waals surface area contributed by atoms with E-state index in [9.17, 15) is 4.79 Å². The Morgan fingerprint density at radius 1 is 0.967 bits per heavy atom. The van der Waals surface area contributed by atoms with Crippen molar-refractivity contribution >= 4 is 16.8 Å². The highest BCUT2D eigenvalue weighted by Crippen LogP contribution is 2.30. The van der Waals surface area contributed by atoms with Gasteiger partial charge >= 0.3 is 0 Å². The van der Waals surface area contributed by atoms with Crippen LogP contribution in [0, 0.1) is 13.8 Å². The van der Waals surface area contributed by atoms with E-state index in [4.69, 9.17) is 4.74 Å². The average Bonchev–Trinajstić information content (AvgIpc) is 3.20. The maximum absolute atomic E-state index is 12.5. The topological polar surface area (TPSA) is 54.1 Å². The van der Waals surface area contributed by atoms with Crippen LogP contribution in [0.1, 0.15) is 28.2 Å². The molecule has 1 amide bonds. The van der Waals surface area contributed by atoms with Gasteiger partial charge in [0.05, 0.1) is 0 Å². The Labute approximate surface area is 176 Å². The number of para-hydroxylation sites is 1. The zero-order chi connectivity index (χ0) is 20.9. The number of aromatic amines is 1. The van der Waals surface area contributed by atoms with E-state index in [0.29, 0.717) is 6.54 Å². The van der Waals surface area contributed by atoms with Gasteiger partial charge in [0.1, 0.15) is 5.75 Å². The normalized spacial score (nSPS) is 11.9. The molecule has 1 aromatic heterocycles. The molecule has 4 aromatic rings. The summed E-state index contributed by atoms with van der Waals surface area (Å²) in [6, 6.07) is 24.4. The number of amides is 1. The summed E-state index contributed by atoms with van der Waals surface area (Å²) >= 11 is 0. The molecule has 0 unspecified atom stereocenters. The lowest BCUT2D eigenvalue weighted by atomic mass is 9.91. The maximum Gasteiger partial charge on any atom is 0.257 e. The molecule has 0 radical (unpaired) electrons. The SMILES string of the molecule is Cc1cccc(OCC(=O)NC[C@@H](c2ccccc2)c2c[nH]c3ccccc23)c1C. The van der Waals surface area contributed by atoms with Gasteiger partial charge < -0.3 is 15.0 Å². The number of ether oxygens (including phenoxy) is 1. The van der Waals surface area contributed by atoms with Crippen molar-refractivity contribution in [3.63, 3.8) is 0 Å². The van der Waals surface area contributed by atoms with E-state index in [0.717, 1.165) is 28.0 Å². The maximum atomic E-state index is 12.5. The lowest BCUT2D eigenvalue weighted by molar-refractivity contribution is -0.123. The Hall–Kier alpha value is -3.53. The van der Waals surface area contributed by atoms with Crippen LogP contribution in [0.3, 0.4) is 0 Å². The van der Waals surface area contributed by atoms with E-state index in [1.165, 1.54) is 10.9 Å². The van der Waals surface area contributed by atoms with Gasteiger partial charge in [-0.25, -0.2) is 0 Å². The van der Waals surface area contributed by atoms with Gasteiger partial charge in [-0.3, -0.25) is 4.79 Å². The number of aromatic nitrogens is 1. The number of H-pyrrole nitrogens is 1. The molecule has 4 heteroatoms. The molecule has 0 bridgehead atoms. The van der Waals surface area contributed by atoms with Crippen molar-refractivity contribution in [2.45, 2.75) is 19.8 Å². The van der Waals surface area contributed by atoms with Crippen LogP contribution in [0.15, 0.2) is 79.0 Å². The number of hydrogen-bond acceptors (Lipinski definition) is 2. The Morgan fingerprint density at radius 3 is 2.57 bits per heavy atom. The van der Waals surface area contributed by atoms with E-state index in [1.807, 2.05) is 68.6 Å². The number of rotatable bonds is 7. The van der Waals surface area contributed by atoms with E-state index in [-0.39, 0.29) is 18.4 Å². The van der Waals surface area contributed by atoms with Crippen molar-refractivity contribution in [2.24, 2.45) is 0 Å². The summed E-state index contributed by atoms with van der Waals surface area (Å²) in [5.41, 5.74) is 5.64. The first-order chi connectivity index (χ1) is 14.6. The smallest absolute Gasteiger partial charge is 0.257 e. The standard InChI is InChI=1S/C26H26N2O2/c1-18-9-8-14-25(19(18)2)30-17-26(29)28-15-22(20-10-4-3-5-11-20)23-16-27-24-13-7-6-12-21(23)24/h3-14,16,22,27H,15,17H2,1-2H3,(H,28,29)/t22-/m0/s1. The number of hydrogen-bond donors (Lipinski definition) is 2. The van der Waals surface area contributed by atoms with Gasteiger partial charge in [-0.1, -0.05) is 60.7 Å². The third-order valence-electron chi connectivity index (χ3n) is 5.62. The summed E-state index contributed by atoms with van der Waals surface area (Å²) in [5, 5.41) is 4.23. The van der Waals surface area contributed by atoms with Crippen molar-refractivity contribution in [3.05, 3.63) is 101 Å². The Morgan fingerprint density at radius 2 is 1.73 bits per heavy atom. The van der Waals surface area contributed by atoms with Gasteiger partial charge in [-0.15, -0.1) is 0 Å². The van der Waals surface area contributed by atoms with Crippen LogP contribution >= 0.6 is 0 Å². The minimum Gasteiger partial charge on any atom is -0.483 e. The number of carbonyl (C=O) groups is 1. The third-order valence-corrected chi connectivity index (χ3v) is 5.62. The quantitative estimate of drug-likeness (QED) is 0.454. The summed E-state index contributed by atoms with van der Waals surface area (Å²) in [6.07, 6.45) is 2.04. The Balaban J connectivity index is 1.49. The molecule has 152 valence electrons. The lowest BCUT2D eigenvalue weighted by Crippen LogP contribution is -2.32. The molecule has 1 atom stereocenters. The summed E-state index contributed by atoms with van der Waals surface area (Å²) in [4.78, 5) is 15.9. The van der Waals surface area contributed by atoms with Gasteiger partial charge in [-0.2, -0.15) is 0 Å². The van der Waals surface area contributed by atoms with Crippen molar-refractivity contribution in [3.8, 4) is 5.75 Å².